The van der Waals surface area contributed by atoms with Gasteiger partial charge in [0.15, 0.2) is 0 Å². The van der Waals surface area contributed by atoms with Gasteiger partial charge in [0.2, 0.25) is 0 Å². The van der Waals surface area contributed by atoms with Crippen LogP contribution in [0.2, 0.25) is 0 Å². The largest absolute Gasteiger partial charge is 0.383 e. The van der Waals surface area contributed by atoms with E-state index in [1.54, 1.807) is 0 Å². The molecule has 36 heavy (non-hydrogen) atoms. The maximum absolute atomic E-state index is 13.6. The van der Waals surface area contributed by atoms with Crippen molar-refractivity contribution in [1.29, 1.82) is 0 Å². The molecule has 1 saturated heterocycles. The Morgan fingerprint density at radius 1 is 0.778 bits per heavy atom. The zero-order chi connectivity index (χ0) is 24.5. The van der Waals surface area contributed by atoms with Gasteiger partial charge in [0.1, 0.15) is 11.6 Å². The number of nitrogens with two attached hydrogens (primary N) is 1. The lowest BCUT2D eigenvalue weighted by molar-refractivity contribution is 0.0627. The highest BCUT2D eigenvalue weighted by molar-refractivity contribution is 6.07. The Balaban J connectivity index is 1.16. The summed E-state index contributed by atoms with van der Waals surface area (Å²) in [4.78, 5) is 27.0. The number of benzene rings is 3. The Kier molecular flexibility index (Phi) is 5.83. The number of nitrogens with zero attached hydrogens (tertiary/aromatic N) is 5. The van der Waals surface area contributed by atoms with Gasteiger partial charge in [-0.15, -0.1) is 0 Å². The molecule has 2 aromatic heterocycles. The number of amides is 1. The maximum Gasteiger partial charge on any atom is 0.256 e. The summed E-state index contributed by atoms with van der Waals surface area (Å²) in [7, 11) is 0. The summed E-state index contributed by atoms with van der Waals surface area (Å²) in [5.74, 6) is 1.31. The fraction of sp³-hybridized carbons (Fsp3) is 0.207. The molecular formula is C29H28N6O. The van der Waals surface area contributed by atoms with Crippen molar-refractivity contribution in [2.24, 2.45) is 0 Å². The normalized spacial score (nSPS) is 14.5. The second-order valence-corrected chi connectivity index (χ2v) is 9.28. The van der Waals surface area contributed by atoms with E-state index in [1.165, 1.54) is 5.56 Å². The molecule has 2 N–H and O–H groups in total. The van der Waals surface area contributed by atoms with E-state index in [-0.39, 0.29) is 5.91 Å². The molecule has 1 aliphatic heterocycles. The molecule has 180 valence electrons. The molecule has 0 spiro atoms. The molecule has 6 rings (SSSR count). The van der Waals surface area contributed by atoms with E-state index in [2.05, 4.69) is 37.6 Å². The number of para-hydroxylation sites is 2. The number of anilines is 1. The van der Waals surface area contributed by atoms with Crippen molar-refractivity contribution < 1.29 is 4.79 Å². The topological polar surface area (TPSA) is 80.3 Å². The fourth-order valence-electron chi connectivity index (χ4n) is 5.03. The second-order valence-electron chi connectivity index (χ2n) is 9.28. The summed E-state index contributed by atoms with van der Waals surface area (Å²) in [5.41, 5.74) is 10.1. The molecule has 0 radical (unpaired) electrons. The molecule has 1 aliphatic rings. The van der Waals surface area contributed by atoms with Crippen LogP contribution in [0.25, 0.3) is 21.8 Å². The van der Waals surface area contributed by atoms with Crippen molar-refractivity contribution in [2.75, 3.05) is 31.9 Å². The minimum atomic E-state index is 0.0869. The van der Waals surface area contributed by atoms with E-state index >= 15 is 0 Å². The van der Waals surface area contributed by atoms with Gasteiger partial charge in [-0.1, -0.05) is 60.7 Å². The van der Waals surface area contributed by atoms with E-state index in [9.17, 15) is 4.79 Å². The Labute approximate surface area is 209 Å². The molecule has 7 heteroatoms. The van der Waals surface area contributed by atoms with E-state index in [0.717, 1.165) is 52.8 Å². The van der Waals surface area contributed by atoms with Gasteiger partial charge in [0.05, 0.1) is 17.6 Å². The number of aromatic nitrogens is 3. The molecular weight excluding hydrogens is 448 g/mol. The minimum Gasteiger partial charge on any atom is -0.383 e. The zero-order valence-electron chi connectivity index (χ0n) is 20.0. The lowest BCUT2D eigenvalue weighted by Gasteiger charge is -2.34. The van der Waals surface area contributed by atoms with Crippen LogP contribution in [0.15, 0.2) is 85.1 Å². The first kappa shape index (κ1) is 22.2. The lowest BCUT2D eigenvalue weighted by atomic mass is 10.1. The van der Waals surface area contributed by atoms with E-state index in [1.807, 2.05) is 71.8 Å². The predicted molar refractivity (Wildman–Crippen MR) is 143 cm³/mol. The summed E-state index contributed by atoms with van der Waals surface area (Å²) in [6.07, 6.45) is 2.01. The number of rotatable bonds is 5. The van der Waals surface area contributed by atoms with Crippen LogP contribution < -0.4 is 5.73 Å². The van der Waals surface area contributed by atoms with Gasteiger partial charge in [-0.05, 0) is 23.8 Å². The molecule has 0 unspecified atom stereocenters. The number of carbonyl (C=O) groups excluding carboxylic acids is 1. The highest BCUT2D eigenvalue weighted by atomic mass is 16.2. The predicted octanol–water partition coefficient (Wildman–Crippen LogP) is 4.17. The fourth-order valence-corrected chi connectivity index (χ4v) is 5.03. The molecule has 0 saturated carbocycles. The third kappa shape index (κ3) is 4.29. The first-order valence-electron chi connectivity index (χ1n) is 12.3. The standard InChI is InChI=1S/C29H28N6O/c30-28-23-11-4-6-12-25(23)31-27(32-28)20-33-14-16-34(17-15-33)29(36)24-19-35(18-21-8-2-1-3-9-21)26-13-7-5-10-22(24)26/h1-13,19H,14-18,20H2,(H2,30,31,32). The number of hydrogen-bond donors (Lipinski definition) is 1. The zero-order valence-corrected chi connectivity index (χ0v) is 20.0. The average molecular weight is 477 g/mol. The maximum atomic E-state index is 13.6. The van der Waals surface area contributed by atoms with Gasteiger partial charge in [0.25, 0.3) is 5.91 Å². The highest BCUT2D eigenvalue weighted by Gasteiger charge is 2.25. The average Bonchev–Trinajstić information content (AvgIpc) is 3.28. The van der Waals surface area contributed by atoms with Crippen molar-refractivity contribution in [1.82, 2.24) is 24.3 Å². The minimum absolute atomic E-state index is 0.0869. The Morgan fingerprint density at radius 3 is 2.28 bits per heavy atom. The summed E-state index contributed by atoms with van der Waals surface area (Å²) in [6, 6.07) is 26.3. The molecule has 0 aliphatic carbocycles. The summed E-state index contributed by atoms with van der Waals surface area (Å²) in [6.45, 7) is 4.22. The smallest absolute Gasteiger partial charge is 0.256 e. The first-order valence-corrected chi connectivity index (χ1v) is 12.3. The van der Waals surface area contributed by atoms with Crippen LogP contribution in [0.3, 0.4) is 0 Å². The second kappa shape index (κ2) is 9.43. The summed E-state index contributed by atoms with van der Waals surface area (Å²) < 4.78 is 2.18. The van der Waals surface area contributed by atoms with Crippen LogP contribution in [-0.4, -0.2) is 56.4 Å². The van der Waals surface area contributed by atoms with E-state index < -0.39 is 0 Å². The Hall–Kier alpha value is -4.23. The molecule has 3 aromatic carbocycles. The Morgan fingerprint density at radius 2 is 1.47 bits per heavy atom. The molecule has 7 nitrogen and oxygen atoms in total. The van der Waals surface area contributed by atoms with Crippen molar-refractivity contribution >= 4 is 33.5 Å². The van der Waals surface area contributed by atoms with Crippen molar-refractivity contribution in [2.45, 2.75) is 13.1 Å². The van der Waals surface area contributed by atoms with Crippen LogP contribution in [0.4, 0.5) is 5.82 Å². The molecule has 1 fully saturated rings. The number of piperazine rings is 1. The van der Waals surface area contributed by atoms with Gasteiger partial charge in [-0.3, -0.25) is 9.69 Å². The van der Waals surface area contributed by atoms with Gasteiger partial charge in [-0.25, -0.2) is 9.97 Å². The quantitative estimate of drug-likeness (QED) is 0.412. The third-order valence-electron chi connectivity index (χ3n) is 6.92. The van der Waals surface area contributed by atoms with Gasteiger partial charge >= 0.3 is 0 Å². The first-order chi connectivity index (χ1) is 17.7. The van der Waals surface area contributed by atoms with Crippen molar-refractivity contribution in [3.8, 4) is 0 Å². The highest BCUT2D eigenvalue weighted by Crippen LogP contribution is 2.25. The summed E-state index contributed by atoms with van der Waals surface area (Å²) in [5, 5.41) is 1.88. The van der Waals surface area contributed by atoms with Gasteiger partial charge < -0.3 is 15.2 Å². The van der Waals surface area contributed by atoms with Crippen LogP contribution >= 0.6 is 0 Å². The van der Waals surface area contributed by atoms with Crippen LogP contribution in [-0.2, 0) is 13.1 Å². The van der Waals surface area contributed by atoms with Crippen LogP contribution in [0, 0.1) is 0 Å². The molecule has 5 aromatic rings. The number of fused-ring (bicyclic) bond motifs is 2. The number of carbonyl (C=O) groups is 1. The monoisotopic (exact) mass is 476 g/mol. The molecule has 0 atom stereocenters. The number of hydrogen-bond acceptors (Lipinski definition) is 5. The molecule has 1 amide bonds. The Bertz CT molecular complexity index is 1540. The van der Waals surface area contributed by atoms with Crippen LogP contribution in [0.5, 0.6) is 0 Å². The van der Waals surface area contributed by atoms with E-state index in [4.69, 9.17) is 5.73 Å². The molecule has 0 bridgehead atoms. The van der Waals surface area contributed by atoms with E-state index in [0.29, 0.717) is 25.5 Å². The number of nitrogen functional groups attached to an aromatic ring is 1. The van der Waals surface area contributed by atoms with Crippen molar-refractivity contribution in [3.63, 3.8) is 0 Å². The summed E-state index contributed by atoms with van der Waals surface area (Å²) >= 11 is 0. The molecule has 3 heterocycles. The SMILES string of the molecule is Nc1nc(CN2CCN(C(=O)c3cn(Cc4ccccc4)c4ccccc34)CC2)nc2ccccc12. The van der Waals surface area contributed by atoms with Gasteiger partial charge in [-0.2, -0.15) is 0 Å². The van der Waals surface area contributed by atoms with Crippen LogP contribution in [0.1, 0.15) is 21.7 Å². The lowest BCUT2D eigenvalue weighted by Crippen LogP contribution is -2.48. The van der Waals surface area contributed by atoms with Gasteiger partial charge in [0, 0.05) is 55.2 Å². The van der Waals surface area contributed by atoms with Crippen molar-refractivity contribution in [3.05, 3.63) is 102 Å². The third-order valence-corrected chi connectivity index (χ3v) is 6.92.